The molecule has 0 aliphatic rings. The lowest BCUT2D eigenvalue weighted by molar-refractivity contribution is -0.142. The lowest BCUT2D eigenvalue weighted by atomic mass is 10.00. The van der Waals surface area contributed by atoms with Crippen LogP contribution in [-0.4, -0.2) is 70.5 Å². The van der Waals surface area contributed by atoms with Crippen LogP contribution in [0.25, 0.3) is 0 Å². The zero-order valence-electron chi connectivity index (χ0n) is 22.5. The van der Waals surface area contributed by atoms with Crippen molar-refractivity contribution in [2.45, 2.75) is 83.0 Å². The van der Waals surface area contributed by atoms with E-state index in [0.717, 1.165) is 0 Å². The molecule has 4 amide bonds. The number of phenolic OH excluding ortho intramolecular Hbond substituents is 1. The van der Waals surface area contributed by atoms with Gasteiger partial charge in [0.05, 0.1) is 6.04 Å². The minimum absolute atomic E-state index is 0.0312. The molecule has 0 heterocycles. The van der Waals surface area contributed by atoms with Crippen molar-refractivity contribution in [2.75, 3.05) is 6.54 Å². The highest BCUT2D eigenvalue weighted by Gasteiger charge is 2.31. The molecule has 39 heavy (non-hydrogen) atoms. The predicted octanol–water partition coefficient (Wildman–Crippen LogP) is -0.758. The number of amides is 4. The molecule has 0 bridgehead atoms. The van der Waals surface area contributed by atoms with Crippen LogP contribution >= 0.6 is 0 Å². The van der Waals surface area contributed by atoms with Gasteiger partial charge in [0.1, 0.15) is 23.9 Å². The monoisotopic (exact) mass is 550 g/mol. The Kier molecular flexibility index (Phi) is 14.5. The Morgan fingerprint density at radius 3 is 1.95 bits per heavy atom. The third-order valence-corrected chi connectivity index (χ3v) is 5.95. The molecule has 218 valence electrons. The minimum Gasteiger partial charge on any atom is -0.508 e. The molecule has 4 unspecified atom stereocenters. The Morgan fingerprint density at radius 1 is 0.846 bits per heavy atom. The van der Waals surface area contributed by atoms with Crippen LogP contribution in [-0.2, 0) is 30.4 Å². The first-order valence-electron chi connectivity index (χ1n) is 13.0. The molecule has 0 saturated heterocycles. The SMILES string of the molecule is CC(C)CC(NC(=O)C(Cc1ccc(O)cc1)NC(=O)C(N)CCCCN)C(=O)NC(CCC(N)=O)C(=O)O. The zero-order valence-corrected chi connectivity index (χ0v) is 22.5. The van der Waals surface area contributed by atoms with Gasteiger partial charge in [-0.15, -0.1) is 0 Å². The van der Waals surface area contributed by atoms with Crippen molar-refractivity contribution in [2.24, 2.45) is 23.1 Å². The smallest absolute Gasteiger partial charge is 0.326 e. The number of nitrogens with one attached hydrogen (secondary N) is 3. The summed E-state index contributed by atoms with van der Waals surface area (Å²) in [5.41, 5.74) is 17.2. The molecule has 11 N–H and O–H groups in total. The van der Waals surface area contributed by atoms with Crippen molar-refractivity contribution in [3.05, 3.63) is 29.8 Å². The van der Waals surface area contributed by atoms with Crippen molar-refractivity contribution in [1.82, 2.24) is 16.0 Å². The highest BCUT2D eigenvalue weighted by molar-refractivity contribution is 5.94. The van der Waals surface area contributed by atoms with E-state index < -0.39 is 53.8 Å². The topological polar surface area (TPSA) is 240 Å². The number of benzene rings is 1. The molecule has 0 fully saturated rings. The number of primary amides is 1. The fourth-order valence-electron chi connectivity index (χ4n) is 3.79. The zero-order chi connectivity index (χ0) is 29.5. The summed E-state index contributed by atoms with van der Waals surface area (Å²) in [6.45, 7) is 4.11. The van der Waals surface area contributed by atoms with Gasteiger partial charge in [0, 0.05) is 12.8 Å². The van der Waals surface area contributed by atoms with Crippen LogP contribution in [0.3, 0.4) is 0 Å². The first kappa shape index (κ1) is 33.3. The molecule has 0 saturated carbocycles. The van der Waals surface area contributed by atoms with Crippen LogP contribution < -0.4 is 33.2 Å². The largest absolute Gasteiger partial charge is 0.508 e. The number of hydrogen-bond acceptors (Lipinski definition) is 8. The summed E-state index contributed by atoms with van der Waals surface area (Å²) in [5.74, 6) is -4.05. The summed E-state index contributed by atoms with van der Waals surface area (Å²) in [7, 11) is 0. The minimum atomic E-state index is -1.38. The lowest BCUT2D eigenvalue weighted by Crippen LogP contribution is -2.57. The predicted molar refractivity (Wildman–Crippen MR) is 144 cm³/mol. The van der Waals surface area contributed by atoms with E-state index in [2.05, 4.69) is 16.0 Å². The second-order valence-electron chi connectivity index (χ2n) is 9.92. The maximum absolute atomic E-state index is 13.4. The highest BCUT2D eigenvalue weighted by atomic mass is 16.4. The molecule has 1 aromatic carbocycles. The summed E-state index contributed by atoms with van der Waals surface area (Å²) in [4.78, 5) is 61.8. The van der Waals surface area contributed by atoms with Crippen LogP contribution in [0, 0.1) is 5.92 Å². The normalized spacial score (nSPS) is 14.1. The number of hydrogen-bond donors (Lipinski definition) is 8. The molecule has 0 spiro atoms. The Hall–Kier alpha value is -3.71. The maximum atomic E-state index is 13.4. The van der Waals surface area contributed by atoms with E-state index in [9.17, 15) is 34.2 Å². The van der Waals surface area contributed by atoms with Crippen molar-refractivity contribution in [1.29, 1.82) is 0 Å². The van der Waals surface area contributed by atoms with E-state index in [1.807, 2.05) is 13.8 Å². The van der Waals surface area contributed by atoms with Crippen molar-refractivity contribution in [3.63, 3.8) is 0 Å². The molecule has 1 rings (SSSR count). The lowest BCUT2D eigenvalue weighted by Gasteiger charge is -2.26. The quantitative estimate of drug-likeness (QED) is 0.107. The van der Waals surface area contributed by atoms with Gasteiger partial charge in [-0.2, -0.15) is 0 Å². The van der Waals surface area contributed by atoms with Gasteiger partial charge in [-0.1, -0.05) is 32.4 Å². The number of aliphatic carboxylic acids is 1. The number of phenols is 1. The summed E-state index contributed by atoms with van der Waals surface area (Å²) in [6.07, 6.45) is 1.47. The van der Waals surface area contributed by atoms with Crippen molar-refractivity contribution in [3.8, 4) is 5.75 Å². The van der Waals surface area contributed by atoms with E-state index in [4.69, 9.17) is 17.2 Å². The summed E-state index contributed by atoms with van der Waals surface area (Å²) < 4.78 is 0. The summed E-state index contributed by atoms with van der Waals surface area (Å²) in [6, 6.07) is 1.59. The Labute approximate surface area is 228 Å². The van der Waals surface area contributed by atoms with E-state index in [0.29, 0.717) is 31.4 Å². The summed E-state index contributed by atoms with van der Waals surface area (Å²) in [5, 5.41) is 26.7. The number of aromatic hydroxyl groups is 1. The standard InChI is InChI=1S/C26H42N6O7/c1-15(2)13-20(24(36)30-19(26(38)39)10-11-22(29)34)32-25(37)21(14-16-6-8-17(33)9-7-16)31-23(35)18(28)5-3-4-12-27/h6-9,15,18-21,33H,3-5,10-14,27-28H2,1-2H3,(H2,29,34)(H,30,36)(H,31,35)(H,32,37)(H,38,39). The van der Waals surface area contributed by atoms with Crippen LogP contribution in [0.2, 0.25) is 0 Å². The second-order valence-corrected chi connectivity index (χ2v) is 9.92. The number of carboxylic acids is 1. The average Bonchev–Trinajstić information content (AvgIpc) is 2.86. The van der Waals surface area contributed by atoms with E-state index >= 15 is 0 Å². The van der Waals surface area contributed by atoms with Gasteiger partial charge in [-0.25, -0.2) is 4.79 Å². The molecule has 0 aliphatic carbocycles. The van der Waals surface area contributed by atoms with Crippen LogP contribution in [0.5, 0.6) is 5.75 Å². The molecule has 0 aliphatic heterocycles. The molecule has 0 radical (unpaired) electrons. The molecule has 13 nitrogen and oxygen atoms in total. The van der Waals surface area contributed by atoms with Crippen LogP contribution in [0.15, 0.2) is 24.3 Å². The van der Waals surface area contributed by atoms with Crippen LogP contribution in [0.4, 0.5) is 0 Å². The third kappa shape index (κ3) is 13.1. The maximum Gasteiger partial charge on any atom is 0.326 e. The van der Waals surface area contributed by atoms with Gasteiger partial charge in [-0.3, -0.25) is 19.2 Å². The fourth-order valence-corrected chi connectivity index (χ4v) is 3.79. The first-order valence-corrected chi connectivity index (χ1v) is 13.0. The van der Waals surface area contributed by atoms with Gasteiger partial charge < -0.3 is 43.4 Å². The average molecular weight is 551 g/mol. The molecule has 13 heteroatoms. The van der Waals surface area contributed by atoms with Gasteiger partial charge in [0.2, 0.25) is 23.6 Å². The summed E-state index contributed by atoms with van der Waals surface area (Å²) >= 11 is 0. The van der Waals surface area contributed by atoms with Gasteiger partial charge >= 0.3 is 5.97 Å². The number of carbonyl (C=O) groups is 5. The number of carboxylic acid groups (broad SMARTS) is 1. The van der Waals surface area contributed by atoms with Crippen molar-refractivity contribution >= 4 is 29.6 Å². The Bertz CT molecular complexity index is 970. The molecular formula is C26H42N6O7. The van der Waals surface area contributed by atoms with Crippen molar-refractivity contribution < 1.29 is 34.2 Å². The molecule has 0 aromatic heterocycles. The van der Waals surface area contributed by atoms with E-state index in [1.165, 1.54) is 12.1 Å². The van der Waals surface area contributed by atoms with Gasteiger partial charge in [-0.05, 0) is 55.8 Å². The molecule has 1 aromatic rings. The van der Waals surface area contributed by atoms with E-state index in [-0.39, 0.29) is 37.4 Å². The number of unbranched alkanes of at least 4 members (excludes halogenated alkanes) is 1. The number of carbonyl (C=O) groups excluding carboxylic acids is 4. The Balaban J connectivity index is 3.10. The fraction of sp³-hybridized carbons (Fsp3) is 0.577. The highest BCUT2D eigenvalue weighted by Crippen LogP contribution is 2.13. The number of nitrogens with two attached hydrogens (primary N) is 3. The Morgan fingerprint density at radius 2 is 1.41 bits per heavy atom. The first-order chi connectivity index (χ1) is 18.3. The third-order valence-electron chi connectivity index (χ3n) is 5.95. The van der Waals surface area contributed by atoms with Crippen LogP contribution in [0.1, 0.15) is 57.9 Å². The van der Waals surface area contributed by atoms with E-state index in [1.54, 1.807) is 12.1 Å². The molecular weight excluding hydrogens is 508 g/mol. The molecule has 4 atom stereocenters. The number of rotatable bonds is 18. The van der Waals surface area contributed by atoms with Gasteiger partial charge in [0.15, 0.2) is 0 Å². The van der Waals surface area contributed by atoms with Gasteiger partial charge in [0.25, 0.3) is 0 Å². The second kappa shape index (κ2) is 17.0.